The largest absolute Gasteiger partial charge is 0.482 e. The van der Waals surface area contributed by atoms with E-state index in [9.17, 15) is 19.7 Å². The molecule has 0 saturated heterocycles. The summed E-state index contributed by atoms with van der Waals surface area (Å²) in [6.45, 7) is 1.47. The summed E-state index contributed by atoms with van der Waals surface area (Å²) >= 11 is 6.20. The van der Waals surface area contributed by atoms with Gasteiger partial charge in [-0.25, -0.2) is 4.68 Å². The number of amides is 2. The van der Waals surface area contributed by atoms with Gasteiger partial charge in [0.2, 0.25) is 0 Å². The van der Waals surface area contributed by atoms with Crippen LogP contribution in [-0.4, -0.2) is 38.3 Å². The first-order chi connectivity index (χ1) is 14.3. The number of anilines is 2. The van der Waals surface area contributed by atoms with Gasteiger partial charge in [0.1, 0.15) is 5.75 Å². The van der Waals surface area contributed by atoms with Gasteiger partial charge in [-0.2, -0.15) is 0 Å². The smallest absolute Gasteiger partial charge is 0.278 e. The third-order valence-electron chi connectivity index (χ3n) is 4.35. The van der Waals surface area contributed by atoms with E-state index in [1.54, 1.807) is 13.0 Å². The summed E-state index contributed by atoms with van der Waals surface area (Å²) in [4.78, 5) is 34.6. The molecule has 0 bridgehead atoms. The summed E-state index contributed by atoms with van der Waals surface area (Å²) in [7, 11) is 0. The van der Waals surface area contributed by atoms with Gasteiger partial charge in [0.25, 0.3) is 17.5 Å². The molecule has 4 rings (SSSR count). The maximum absolute atomic E-state index is 12.7. The second-order valence-electron chi connectivity index (χ2n) is 6.33. The molecule has 2 amide bonds. The van der Waals surface area contributed by atoms with Gasteiger partial charge in [0.15, 0.2) is 12.3 Å². The van der Waals surface area contributed by atoms with E-state index in [0.29, 0.717) is 22.8 Å². The van der Waals surface area contributed by atoms with Gasteiger partial charge in [-0.1, -0.05) is 22.9 Å². The van der Waals surface area contributed by atoms with Gasteiger partial charge in [0.05, 0.1) is 32.7 Å². The first-order valence-electron chi connectivity index (χ1n) is 8.58. The van der Waals surface area contributed by atoms with E-state index in [2.05, 4.69) is 20.9 Å². The van der Waals surface area contributed by atoms with E-state index >= 15 is 0 Å². The Kier molecular flexibility index (Phi) is 4.80. The Labute approximate surface area is 173 Å². The normalized spacial score (nSPS) is 12.5. The molecular formula is C18H13ClN6O5. The van der Waals surface area contributed by atoms with E-state index in [1.165, 1.54) is 35.0 Å². The fraction of sp³-hybridized carbons (Fsp3) is 0.111. The molecule has 1 aliphatic heterocycles. The molecule has 11 nitrogen and oxygen atoms in total. The lowest BCUT2D eigenvalue weighted by molar-refractivity contribution is -0.384. The standard InChI is InChI=1S/C18H13ClN6O5/c1-9-17(22-23-24(9)10-3-2-4-11(5-10)25(28)29)18(27)21-13-7-15-14(6-12(13)19)20-16(26)8-30-15/h2-7H,8H2,1H3,(H,20,26)(H,21,27). The fourth-order valence-electron chi connectivity index (χ4n) is 2.90. The molecule has 152 valence electrons. The minimum Gasteiger partial charge on any atom is -0.482 e. The summed E-state index contributed by atoms with van der Waals surface area (Å²) in [5, 5.41) is 24.3. The molecule has 3 aromatic rings. The molecular weight excluding hydrogens is 416 g/mol. The predicted molar refractivity (Wildman–Crippen MR) is 106 cm³/mol. The molecule has 0 spiro atoms. The predicted octanol–water partition coefficient (Wildman–Crippen LogP) is 2.72. The van der Waals surface area contributed by atoms with Crippen molar-refractivity contribution in [1.82, 2.24) is 15.0 Å². The number of nitro groups is 1. The van der Waals surface area contributed by atoms with E-state index in [0.717, 1.165) is 0 Å². The Hall–Kier alpha value is -3.99. The van der Waals surface area contributed by atoms with Crippen molar-refractivity contribution in [1.29, 1.82) is 0 Å². The van der Waals surface area contributed by atoms with Crippen molar-refractivity contribution in [3.05, 3.63) is 62.9 Å². The summed E-state index contributed by atoms with van der Waals surface area (Å²) in [6.07, 6.45) is 0. The summed E-state index contributed by atoms with van der Waals surface area (Å²) in [5.74, 6) is -0.513. The number of hydrogen-bond donors (Lipinski definition) is 2. The number of ether oxygens (including phenoxy) is 1. The summed E-state index contributed by atoms with van der Waals surface area (Å²) < 4.78 is 6.65. The molecule has 2 N–H and O–H groups in total. The number of halogens is 1. The highest BCUT2D eigenvalue weighted by atomic mass is 35.5. The number of nitrogens with zero attached hydrogens (tertiary/aromatic N) is 4. The lowest BCUT2D eigenvalue weighted by Gasteiger charge is -2.19. The zero-order chi connectivity index (χ0) is 21.4. The minimum atomic E-state index is -0.578. The second-order valence-corrected chi connectivity index (χ2v) is 6.74. The number of rotatable bonds is 4. The molecule has 0 unspecified atom stereocenters. The molecule has 0 aliphatic carbocycles. The molecule has 0 saturated carbocycles. The van der Waals surface area contributed by atoms with Crippen LogP contribution < -0.4 is 15.4 Å². The molecule has 1 aromatic heterocycles. The first kappa shape index (κ1) is 19.3. The third-order valence-corrected chi connectivity index (χ3v) is 4.66. The van der Waals surface area contributed by atoms with Gasteiger partial charge in [0, 0.05) is 18.2 Å². The van der Waals surface area contributed by atoms with Crippen molar-refractivity contribution in [3.63, 3.8) is 0 Å². The number of hydrogen-bond acceptors (Lipinski definition) is 7. The van der Waals surface area contributed by atoms with Crippen LogP contribution in [0.2, 0.25) is 5.02 Å². The molecule has 0 radical (unpaired) electrons. The van der Waals surface area contributed by atoms with Gasteiger partial charge in [-0.05, 0) is 19.1 Å². The third kappa shape index (κ3) is 3.53. The Balaban J connectivity index is 1.61. The van der Waals surface area contributed by atoms with Crippen LogP contribution >= 0.6 is 11.6 Å². The number of nitrogens with one attached hydrogen (secondary N) is 2. The number of benzene rings is 2. The highest BCUT2D eigenvalue weighted by molar-refractivity contribution is 6.34. The molecule has 1 aliphatic rings. The quantitative estimate of drug-likeness (QED) is 0.480. The van der Waals surface area contributed by atoms with E-state index in [-0.39, 0.29) is 34.6 Å². The van der Waals surface area contributed by atoms with Crippen LogP contribution in [0.1, 0.15) is 16.2 Å². The van der Waals surface area contributed by atoms with E-state index < -0.39 is 10.8 Å². The van der Waals surface area contributed by atoms with Gasteiger partial charge < -0.3 is 15.4 Å². The Morgan fingerprint density at radius 3 is 2.93 bits per heavy atom. The van der Waals surface area contributed by atoms with Crippen LogP contribution in [0, 0.1) is 17.0 Å². The number of carbonyl (C=O) groups is 2. The maximum Gasteiger partial charge on any atom is 0.278 e. The number of carbonyl (C=O) groups excluding carboxylic acids is 2. The Morgan fingerprint density at radius 1 is 1.37 bits per heavy atom. The maximum atomic E-state index is 12.7. The number of non-ortho nitro benzene ring substituents is 1. The number of aromatic nitrogens is 3. The van der Waals surface area contributed by atoms with Crippen molar-refractivity contribution >= 4 is 40.5 Å². The molecule has 12 heteroatoms. The van der Waals surface area contributed by atoms with Crippen molar-refractivity contribution in [3.8, 4) is 11.4 Å². The second kappa shape index (κ2) is 7.44. The molecule has 30 heavy (non-hydrogen) atoms. The summed E-state index contributed by atoms with van der Waals surface area (Å²) in [6, 6.07) is 8.77. The van der Waals surface area contributed by atoms with Crippen molar-refractivity contribution in [2.45, 2.75) is 6.92 Å². The van der Waals surface area contributed by atoms with Crippen LogP contribution in [0.4, 0.5) is 17.1 Å². The lowest BCUT2D eigenvalue weighted by atomic mass is 10.2. The molecule has 2 heterocycles. The fourth-order valence-corrected chi connectivity index (χ4v) is 3.11. The van der Waals surface area contributed by atoms with E-state index in [1.807, 2.05) is 0 Å². The average molecular weight is 429 g/mol. The minimum absolute atomic E-state index is 0.0181. The van der Waals surface area contributed by atoms with Crippen molar-refractivity contribution in [2.75, 3.05) is 17.2 Å². The highest BCUT2D eigenvalue weighted by Gasteiger charge is 2.22. The number of fused-ring (bicyclic) bond motifs is 1. The molecule has 0 atom stereocenters. The van der Waals surface area contributed by atoms with Gasteiger partial charge in [-0.15, -0.1) is 5.10 Å². The van der Waals surface area contributed by atoms with Crippen molar-refractivity contribution < 1.29 is 19.2 Å². The zero-order valence-corrected chi connectivity index (χ0v) is 16.1. The van der Waals surface area contributed by atoms with E-state index in [4.69, 9.17) is 16.3 Å². The monoisotopic (exact) mass is 428 g/mol. The van der Waals surface area contributed by atoms with Crippen LogP contribution in [0.25, 0.3) is 5.69 Å². The molecule has 2 aromatic carbocycles. The van der Waals surface area contributed by atoms with Crippen LogP contribution in [-0.2, 0) is 4.79 Å². The van der Waals surface area contributed by atoms with Crippen LogP contribution in [0.3, 0.4) is 0 Å². The van der Waals surface area contributed by atoms with Crippen LogP contribution in [0.5, 0.6) is 5.75 Å². The topological polar surface area (TPSA) is 141 Å². The van der Waals surface area contributed by atoms with Gasteiger partial charge in [-0.3, -0.25) is 19.7 Å². The lowest BCUT2D eigenvalue weighted by Crippen LogP contribution is -2.25. The zero-order valence-electron chi connectivity index (χ0n) is 15.4. The molecule has 0 fully saturated rings. The highest BCUT2D eigenvalue weighted by Crippen LogP contribution is 2.36. The summed E-state index contributed by atoms with van der Waals surface area (Å²) in [5.41, 5.74) is 1.35. The van der Waals surface area contributed by atoms with Crippen LogP contribution in [0.15, 0.2) is 36.4 Å². The Morgan fingerprint density at radius 2 is 2.17 bits per heavy atom. The average Bonchev–Trinajstić information content (AvgIpc) is 3.10. The number of nitro benzene ring substituents is 1. The van der Waals surface area contributed by atoms with Gasteiger partial charge >= 0.3 is 0 Å². The van der Waals surface area contributed by atoms with Crippen molar-refractivity contribution in [2.24, 2.45) is 0 Å². The Bertz CT molecular complexity index is 1210. The SMILES string of the molecule is Cc1c(C(=O)Nc2cc3c(cc2Cl)NC(=O)CO3)nnn1-c1cccc([N+](=O)[O-])c1. The first-order valence-corrected chi connectivity index (χ1v) is 8.96.